The molecule has 0 spiro atoms. The van der Waals surface area contributed by atoms with E-state index in [0.717, 1.165) is 13.1 Å². The predicted molar refractivity (Wildman–Crippen MR) is 63.8 cm³/mol. The number of pyridine rings is 1. The summed E-state index contributed by atoms with van der Waals surface area (Å²) in [7, 11) is 1.52. The van der Waals surface area contributed by atoms with E-state index in [1.54, 1.807) is 13.0 Å². The molecule has 1 aromatic rings. The number of hydrogen-bond acceptors (Lipinski definition) is 5. The smallest absolute Gasteiger partial charge is 0.228 e. The molecule has 1 fully saturated rings. The number of aromatic nitrogens is 1. The lowest BCUT2D eigenvalue weighted by atomic mass is 9.96. The van der Waals surface area contributed by atoms with Crippen molar-refractivity contribution < 1.29 is 14.3 Å². The molecule has 92 valence electrons. The zero-order chi connectivity index (χ0) is 12.9. The van der Waals surface area contributed by atoms with Gasteiger partial charge in [0.1, 0.15) is 11.4 Å². The SMILES string of the molecule is COc1cc2c(nc1C)C(=O)C(N1CC1)=CC2=O. The molecular formula is C13H12N2O3. The molecule has 2 heterocycles. The standard InChI is InChI=1S/C13H12N2O3/c1-7-11(18-2)5-8-10(16)6-9(15-3-4-15)13(17)12(8)14-7/h5-6H,3-4H2,1-2H3. The minimum atomic E-state index is -0.183. The number of nitrogens with zero attached hydrogens (tertiary/aromatic N) is 2. The molecule has 0 amide bonds. The lowest BCUT2D eigenvalue weighted by Gasteiger charge is -2.16. The number of allylic oxidation sites excluding steroid dienone is 2. The lowest BCUT2D eigenvalue weighted by Crippen LogP contribution is -2.23. The normalized spacial score (nSPS) is 17.4. The van der Waals surface area contributed by atoms with Gasteiger partial charge in [0.2, 0.25) is 5.78 Å². The Labute approximate surface area is 104 Å². The van der Waals surface area contributed by atoms with Crippen molar-refractivity contribution >= 4 is 11.6 Å². The van der Waals surface area contributed by atoms with E-state index >= 15 is 0 Å². The zero-order valence-corrected chi connectivity index (χ0v) is 10.2. The lowest BCUT2D eigenvalue weighted by molar-refractivity contribution is 0.0965. The fourth-order valence-corrected chi connectivity index (χ4v) is 2.07. The second-order valence-corrected chi connectivity index (χ2v) is 4.38. The van der Waals surface area contributed by atoms with Crippen LogP contribution < -0.4 is 4.74 Å². The largest absolute Gasteiger partial charge is 0.495 e. The average molecular weight is 244 g/mol. The third-order valence-electron chi connectivity index (χ3n) is 3.16. The number of fused-ring (bicyclic) bond motifs is 1. The van der Waals surface area contributed by atoms with Gasteiger partial charge in [-0.05, 0) is 13.0 Å². The van der Waals surface area contributed by atoms with Gasteiger partial charge in [0, 0.05) is 19.2 Å². The van der Waals surface area contributed by atoms with Crippen molar-refractivity contribution in [3.8, 4) is 5.75 Å². The minimum Gasteiger partial charge on any atom is -0.495 e. The van der Waals surface area contributed by atoms with E-state index in [0.29, 0.717) is 22.7 Å². The number of carbonyl (C=O) groups is 2. The Balaban J connectivity index is 2.14. The number of Topliss-reactive ketones (excluding diaryl/α,β-unsaturated/α-hetero) is 1. The van der Waals surface area contributed by atoms with Crippen LogP contribution in [0.4, 0.5) is 0 Å². The van der Waals surface area contributed by atoms with Crippen LogP contribution in [0.2, 0.25) is 0 Å². The second-order valence-electron chi connectivity index (χ2n) is 4.38. The van der Waals surface area contributed by atoms with E-state index in [2.05, 4.69) is 4.98 Å². The van der Waals surface area contributed by atoms with Crippen LogP contribution in [0.15, 0.2) is 17.8 Å². The molecule has 0 unspecified atom stereocenters. The molecule has 0 N–H and O–H groups in total. The molecule has 0 bridgehead atoms. The van der Waals surface area contributed by atoms with Crippen LogP contribution >= 0.6 is 0 Å². The summed E-state index contributed by atoms with van der Waals surface area (Å²) in [5, 5.41) is 0. The van der Waals surface area contributed by atoms with Gasteiger partial charge in [-0.3, -0.25) is 9.59 Å². The molecule has 2 aliphatic rings. The first-order valence-electron chi connectivity index (χ1n) is 5.73. The molecule has 1 aliphatic heterocycles. The highest BCUT2D eigenvalue weighted by Crippen LogP contribution is 2.29. The van der Waals surface area contributed by atoms with E-state index in [1.807, 2.05) is 4.90 Å². The van der Waals surface area contributed by atoms with Gasteiger partial charge < -0.3 is 9.64 Å². The molecule has 0 atom stereocenters. The Bertz CT molecular complexity index is 600. The molecule has 3 rings (SSSR count). The van der Waals surface area contributed by atoms with Crippen LogP contribution in [0, 0.1) is 6.92 Å². The van der Waals surface area contributed by atoms with E-state index < -0.39 is 0 Å². The molecule has 0 aromatic carbocycles. The molecule has 0 saturated carbocycles. The number of aryl methyl sites for hydroxylation is 1. The number of ether oxygens (including phenoxy) is 1. The van der Waals surface area contributed by atoms with E-state index in [-0.39, 0.29) is 17.3 Å². The topological polar surface area (TPSA) is 59.3 Å². The summed E-state index contributed by atoms with van der Waals surface area (Å²) in [6.45, 7) is 3.41. The van der Waals surface area contributed by atoms with Crippen molar-refractivity contribution in [1.29, 1.82) is 0 Å². The van der Waals surface area contributed by atoms with Gasteiger partial charge in [0.15, 0.2) is 5.78 Å². The first-order chi connectivity index (χ1) is 8.61. The van der Waals surface area contributed by atoms with E-state index in [1.165, 1.54) is 13.2 Å². The van der Waals surface area contributed by atoms with Gasteiger partial charge in [-0.1, -0.05) is 0 Å². The van der Waals surface area contributed by atoms with Crippen LogP contribution in [0.25, 0.3) is 0 Å². The maximum Gasteiger partial charge on any atom is 0.228 e. The van der Waals surface area contributed by atoms with Crippen LogP contribution in [0.3, 0.4) is 0 Å². The van der Waals surface area contributed by atoms with Gasteiger partial charge in [-0.2, -0.15) is 0 Å². The van der Waals surface area contributed by atoms with Crippen molar-refractivity contribution in [3.05, 3.63) is 34.8 Å². The summed E-state index contributed by atoms with van der Waals surface area (Å²) >= 11 is 0. The van der Waals surface area contributed by atoms with Crippen molar-refractivity contribution in [1.82, 2.24) is 9.88 Å². The number of methoxy groups -OCH3 is 1. The number of hydrogen-bond donors (Lipinski definition) is 0. The fourth-order valence-electron chi connectivity index (χ4n) is 2.07. The van der Waals surface area contributed by atoms with Crippen LogP contribution in [-0.4, -0.2) is 41.6 Å². The maximum atomic E-state index is 12.2. The van der Waals surface area contributed by atoms with Crippen LogP contribution in [-0.2, 0) is 0 Å². The number of carbonyl (C=O) groups excluding carboxylic acids is 2. The number of rotatable bonds is 2. The third-order valence-corrected chi connectivity index (χ3v) is 3.16. The van der Waals surface area contributed by atoms with Crippen LogP contribution in [0.1, 0.15) is 26.5 Å². The van der Waals surface area contributed by atoms with Gasteiger partial charge >= 0.3 is 0 Å². The molecule has 18 heavy (non-hydrogen) atoms. The Morgan fingerprint density at radius 1 is 1.33 bits per heavy atom. The molecule has 1 aliphatic carbocycles. The monoisotopic (exact) mass is 244 g/mol. The first-order valence-corrected chi connectivity index (χ1v) is 5.73. The predicted octanol–water partition coefficient (Wildman–Crippen LogP) is 0.977. The summed E-state index contributed by atoms with van der Waals surface area (Å²) in [5.74, 6) is 0.170. The summed E-state index contributed by atoms with van der Waals surface area (Å²) < 4.78 is 5.12. The van der Waals surface area contributed by atoms with Crippen molar-refractivity contribution in [2.24, 2.45) is 0 Å². The Kier molecular flexibility index (Phi) is 2.23. The minimum absolute atomic E-state index is 0.173. The Morgan fingerprint density at radius 3 is 2.67 bits per heavy atom. The average Bonchev–Trinajstić information content (AvgIpc) is 3.17. The highest BCUT2D eigenvalue weighted by Gasteiger charge is 2.34. The summed E-state index contributed by atoms with van der Waals surface area (Å²) in [6, 6.07) is 1.59. The first kappa shape index (κ1) is 11.0. The van der Waals surface area contributed by atoms with Gasteiger partial charge in [-0.15, -0.1) is 0 Å². The molecule has 5 heteroatoms. The summed E-state index contributed by atoms with van der Waals surface area (Å²) in [5.41, 5.74) is 1.64. The van der Waals surface area contributed by atoms with Gasteiger partial charge in [0.25, 0.3) is 0 Å². The quantitative estimate of drug-likeness (QED) is 0.726. The maximum absolute atomic E-state index is 12.2. The van der Waals surface area contributed by atoms with Gasteiger partial charge in [-0.25, -0.2) is 4.98 Å². The Hall–Kier alpha value is -2.17. The van der Waals surface area contributed by atoms with E-state index in [9.17, 15) is 9.59 Å². The molecule has 0 radical (unpaired) electrons. The van der Waals surface area contributed by atoms with Crippen LogP contribution in [0.5, 0.6) is 5.75 Å². The summed E-state index contributed by atoms with van der Waals surface area (Å²) in [6.07, 6.45) is 1.40. The zero-order valence-electron chi connectivity index (χ0n) is 10.2. The molecule has 1 saturated heterocycles. The van der Waals surface area contributed by atoms with Crippen molar-refractivity contribution in [2.75, 3.05) is 20.2 Å². The highest BCUT2D eigenvalue weighted by atomic mass is 16.5. The highest BCUT2D eigenvalue weighted by molar-refractivity contribution is 6.23. The van der Waals surface area contributed by atoms with Gasteiger partial charge in [0.05, 0.1) is 24.1 Å². The van der Waals surface area contributed by atoms with Crippen molar-refractivity contribution in [3.63, 3.8) is 0 Å². The molecule has 5 nitrogen and oxygen atoms in total. The molecule has 1 aromatic heterocycles. The molecular weight excluding hydrogens is 232 g/mol. The second kappa shape index (κ2) is 3.66. The number of ketones is 2. The third kappa shape index (κ3) is 1.51. The van der Waals surface area contributed by atoms with E-state index in [4.69, 9.17) is 4.74 Å². The Morgan fingerprint density at radius 2 is 2.06 bits per heavy atom. The van der Waals surface area contributed by atoms with Crippen molar-refractivity contribution in [2.45, 2.75) is 6.92 Å². The summed E-state index contributed by atoms with van der Waals surface area (Å²) in [4.78, 5) is 30.3. The fraction of sp³-hybridized carbons (Fsp3) is 0.308.